The Labute approximate surface area is 158 Å². The zero-order valence-corrected chi connectivity index (χ0v) is 16.4. The summed E-state index contributed by atoms with van der Waals surface area (Å²) in [5, 5.41) is 4.94. The van der Waals surface area contributed by atoms with E-state index in [-0.39, 0.29) is 4.90 Å². The third-order valence-electron chi connectivity index (χ3n) is 4.65. The molecule has 6 nitrogen and oxygen atoms in total. The number of rotatable bonds is 4. The Kier molecular flexibility index (Phi) is 5.67. The highest BCUT2D eigenvalue weighted by atomic mass is 35.5. The smallest absolute Gasteiger partial charge is 0.243 e. The highest BCUT2D eigenvalue weighted by Gasteiger charge is 2.27. The average molecular weight is 401 g/mol. The zero-order chi connectivity index (χ0) is 18.9. The lowest BCUT2D eigenvalue weighted by molar-refractivity contribution is 0.278. The monoisotopic (exact) mass is 400 g/mol. The summed E-state index contributed by atoms with van der Waals surface area (Å²) in [6, 6.07) is 4.96. The minimum absolute atomic E-state index is 0.124. The quantitative estimate of drug-likeness (QED) is 0.790. The summed E-state index contributed by atoms with van der Waals surface area (Å²) in [6.45, 7) is 4.77. The van der Waals surface area contributed by atoms with Crippen molar-refractivity contribution in [3.63, 3.8) is 0 Å². The molecule has 9 heteroatoms. The van der Waals surface area contributed by atoms with Crippen LogP contribution in [0.25, 0.3) is 0 Å². The maximum absolute atomic E-state index is 13.1. The summed E-state index contributed by atoms with van der Waals surface area (Å²) in [7, 11) is -1.81. The predicted octanol–water partition coefficient (Wildman–Crippen LogP) is 2.42. The first-order valence-electron chi connectivity index (χ1n) is 8.45. The lowest BCUT2D eigenvalue weighted by Gasteiger charge is -2.21. The molecule has 2 heterocycles. The first-order chi connectivity index (χ1) is 12.3. The van der Waals surface area contributed by atoms with Crippen molar-refractivity contribution in [2.24, 2.45) is 7.05 Å². The van der Waals surface area contributed by atoms with E-state index in [1.54, 1.807) is 11.7 Å². The van der Waals surface area contributed by atoms with Crippen LogP contribution in [0.4, 0.5) is 4.39 Å². The molecule has 0 bridgehead atoms. The molecule has 0 saturated carbocycles. The highest BCUT2D eigenvalue weighted by molar-refractivity contribution is 7.89. The lowest BCUT2D eigenvalue weighted by atomic mass is 10.2. The van der Waals surface area contributed by atoms with Crippen LogP contribution in [-0.2, 0) is 23.6 Å². The van der Waals surface area contributed by atoms with Crippen LogP contribution in [0, 0.1) is 12.7 Å². The minimum atomic E-state index is -3.61. The molecular weight excluding hydrogens is 379 g/mol. The molecule has 2 aromatic rings. The van der Waals surface area contributed by atoms with Crippen LogP contribution >= 0.6 is 11.6 Å². The number of benzene rings is 1. The average Bonchev–Trinajstić information content (AvgIpc) is 2.78. The molecule has 26 heavy (non-hydrogen) atoms. The van der Waals surface area contributed by atoms with Crippen molar-refractivity contribution < 1.29 is 12.8 Å². The fourth-order valence-corrected chi connectivity index (χ4v) is 4.88. The van der Waals surface area contributed by atoms with E-state index >= 15 is 0 Å². The van der Waals surface area contributed by atoms with Gasteiger partial charge in [0, 0.05) is 38.8 Å². The maximum Gasteiger partial charge on any atom is 0.243 e. The van der Waals surface area contributed by atoms with Crippen molar-refractivity contribution in [1.82, 2.24) is 19.0 Å². The number of aromatic nitrogens is 2. The molecule has 0 spiro atoms. The molecule has 1 aromatic carbocycles. The van der Waals surface area contributed by atoms with Gasteiger partial charge in [0.05, 0.1) is 10.6 Å². The second-order valence-corrected chi connectivity index (χ2v) is 8.76. The van der Waals surface area contributed by atoms with Gasteiger partial charge >= 0.3 is 0 Å². The predicted molar refractivity (Wildman–Crippen MR) is 98.0 cm³/mol. The van der Waals surface area contributed by atoms with E-state index in [9.17, 15) is 12.8 Å². The zero-order valence-electron chi connectivity index (χ0n) is 14.8. The van der Waals surface area contributed by atoms with Crippen molar-refractivity contribution in [2.45, 2.75) is 24.8 Å². The van der Waals surface area contributed by atoms with Gasteiger partial charge in [0.25, 0.3) is 0 Å². The molecule has 1 fully saturated rings. The highest BCUT2D eigenvalue weighted by Crippen LogP contribution is 2.23. The molecule has 0 atom stereocenters. The maximum atomic E-state index is 13.1. The molecule has 1 aliphatic heterocycles. The van der Waals surface area contributed by atoms with Crippen LogP contribution in [0.2, 0.25) is 5.15 Å². The summed E-state index contributed by atoms with van der Waals surface area (Å²) in [6.07, 6.45) is 0.720. The van der Waals surface area contributed by atoms with Crippen molar-refractivity contribution in [2.75, 3.05) is 26.2 Å². The van der Waals surface area contributed by atoms with Gasteiger partial charge in [0.2, 0.25) is 10.0 Å². The third kappa shape index (κ3) is 3.93. The normalized spacial score (nSPS) is 17.4. The Morgan fingerprint density at radius 2 is 1.85 bits per heavy atom. The number of sulfonamides is 1. The Morgan fingerprint density at radius 3 is 2.46 bits per heavy atom. The Bertz CT molecular complexity index is 883. The van der Waals surface area contributed by atoms with Gasteiger partial charge in [-0.15, -0.1) is 0 Å². The summed E-state index contributed by atoms with van der Waals surface area (Å²) in [5.41, 5.74) is 1.86. The van der Waals surface area contributed by atoms with Gasteiger partial charge in [-0.05, 0) is 44.2 Å². The molecule has 1 saturated heterocycles. The molecule has 1 aliphatic rings. The fraction of sp³-hybridized carbons (Fsp3) is 0.471. The molecule has 0 amide bonds. The number of aryl methyl sites for hydroxylation is 2. The van der Waals surface area contributed by atoms with Crippen molar-refractivity contribution in [3.05, 3.63) is 46.5 Å². The second-order valence-electron chi connectivity index (χ2n) is 6.47. The van der Waals surface area contributed by atoms with E-state index in [1.807, 2.05) is 6.92 Å². The Morgan fingerprint density at radius 1 is 1.15 bits per heavy atom. The van der Waals surface area contributed by atoms with E-state index in [2.05, 4.69) is 10.00 Å². The van der Waals surface area contributed by atoms with Gasteiger partial charge in [-0.1, -0.05) is 11.6 Å². The Hall–Kier alpha value is -1.48. The molecule has 142 valence electrons. The van der Waals surface area contributed by atoms with Crippen LogP contribution in [0.3, 0.4) is 0 Å². The lowest BCUT2D eigenvalue weighted by Crippen LogP contribution is -2.35. The van der Waals surface area contributed by atoms with Gasteiger partial charge < -0.3 is 0 Å². The molecule has 0 aliphatic carbocycles. The van der Waals surface area contributed by atoms with E-state index in [1.165, 1.54) is 28.6 Å². The van der Waals surface area contributed by atoms with Crippen LogP contribution < -0.4 is 0 Å². The van der Waals surface area contributed by atoms with Crippen LogP contribution in [0.5, 0.6) is 0 Å². The number of hydrogen-bond donors (Lipinski definition) is 0. The van der Waals surface area contributed by atoms with Crippen molar-refractivity contribution >= 4 is 21.6 Å². The molecule has 0 unspecified atom stereocenters. The number of nitrogens with zero attached hydrogens (tertiary/aromatic N) is 4. The minimum Gasteiger partial charge on any atom is -0.298 e. The van der Waals surface area contributed by atoms with Gasteiger partial charge in [-0.2, -0.15) is 9.40 Å². The fourth-order valence-electron chi connectivity index (χ4n) is 3.18. The van der Waals surface area contributed by atoms with Crippen molar-refractivity contribution in [1.29, 1.82) is 0 Å². The van der Waals surface area contributed by atoms with Crippen LogP contribution in [0.15, 0.2) is 29.2 Å². The second kappa shape index (κ2) is 7.64. The molecule has 0 radical (unpaired) electrons. The topological polar surface area (TPSA) is 58.4 Å². The van der Waals surface area contributed by atoms with Crippen LogP contribution in [-0.4, -0.2) is 53.6 Å². The molecular formula is C17H22ClFN4O2S. The largest absolute Gasteiger partial charge is 0.298 e. The van der Waals surface area contributed by atoms with E-state index in [0.29, 0.717) is 31.3 Å². The SMILES string of the molecule is Cc1nn(C)c(Cl)c1CN1CCCN(S(=O)(=O)c2ccc(F)cc2)CC1. The van der Waals surface area contributed by atoms with E-state index < -0.39 is 15.8 Å². The van der Waals surface area contributed by atoms with E-state index in [4.69, 9.17) is 11.6 Å². The first kappa shape index (κ1) is 19.3. The summed E-state index contributed by atoms with van der Waals surface area (Å²) in [4.78, 5) is 2.31. The first-order valence-corrected chi connectivity index (χ1v) is 10.3. The van der Waals surface area contributed by atoms with Gasteiger partial charge in [0.1, 0.15) is 11.0 Å². The molecule has 3 rings (SSSR count). The number of halogens is 2. The van der Waals surface area contributed by atoms with Crippen molar-refractivity contribution in [3.8, 4) is 0 Å². The van der Waals surface area contributed by atoms with Gasteiger partial charge in [-0.3, -0.25) is 9.58 Å². The number of hydrogen-bond acceptors (Lipinski definition) is 4. The summed E-state index contributed by atoms with van der Waals surface area (Å²) < 4.78 is 41.7. The Balaban J connectivity index is 1.71. The molecule has 1 aromatic heterocycles. The molecule has 0 N–H and O–H groups in total. The van der Waals surface area contributed by atoms with E-state index in [0.717, 1.165) is 24.2 Å². The summed E-state index contributed by atoms with van der Waals surface area (Å²) >= 11 is 6.31. The summed E-state index contributed by atoms with van der Waals surface area (Å²) in [5.74, 6) is -0.449. The van der Waals surface area contributed by atoms with Crippen LogP contribution in [0.1, 0.15) is 17.7 Å². The van der Waals surface area contributed by atoms with Gasteiger partial charge in [0.15, 0.2) is 0 Å². The van der Waals surface area contributed by atoms with Gasteiger partial charge in [-0.25, -0.2) is 12.8 Å². The standard InChI is InChI=1S/C17H22ClFN4O2S/c1-13-16(17(18)21(2)20-13)12-22-8-3-9-23(11-10-22)26(24,25)15-6-4-14(19)5-7-15/h4-7H,3,8-12H2,1-2H3. The third-order valence-corrected chi connectivity index (χ3v) is 7.04.